The second-order valence-corrected chi connectivity index (χ2v) is 18.7. The number of hydrogen-bond acceptors (Lipinski definition) is 2. The Morgan fingerprint density at radius 3 is 1.87 bits per heavy atom. The van der Waals surface area contributed by atoms with Crippen LogP contribution in [0.4, 0.5) is 0 Å². The van der Waals surface area contributed by atoms with E-state index in [1.165, 1.54) is 57.4 Å². The summed E-state index contributed by atoms with van der Waals surface area (Å²) in [5.74, 6) is 0.676. The molecule has 0 N–H and O–H groups in total. The van der Waals surface area contributed by atoms with Crippen molar-refractivity contribution < 1.29 is 4.42 Å². The van der Waals surface area contributed by atoms with Crippen LogP contribution < -0.4 is 20.7 Å². The molecule has 0 saturated carbocycles. The summed E-state index contributed by atoms with van der Waals surface area (Å²) in [5.41, 5.74) is 7.17. The monoisotopic (exact) mass is 728 g/mol. The standard InChI is InChI=1S/C51H44N2OSi/c1-3-5-16-36(4-2)31-37-25-28-47-44(32-37)45-33-38(35-52)26-29-48(45)53(47)39-27-30-49-46(34-39)43-23-15-24-50(51(43)54-49)55(40-17-9-6-10-18-40,41-19-11-7-12-20-41)42-21-13-8-14-22-42/h6-15,17-30,32-34,36H,3-5,16,31H2,1-2H3. The Hall–Kier alpha value is -6.15. The Balaban J connectivity index is 1.26. The molecule has 7 aromatic carbocycles. The van der Waals surface area contributed by atoms with Gasteiger partial charge in [-0.3, -0.25) is 0 Å². The van der Waals surface area contributed by atoms with Gasteiger partial charge in [0.2, 0.25) is 0 Å². The van der Waals surface area contributed by atoms with Crippen LogP contribution in [0.5, 0.6) is 0 Å². The minimum atomic E-state index is -2.83. The van der Waals surface area contributed by atoms with Crippen molar-refractivity contribution in [1.29, 1.82) is 5.26 Å². The first-order valence-electron chi connectivity index (χ1n) is 19.7. The lowest BCUT2D eigenvalue weighted by Crippen LogP contribution is -2.74. The van der Waals surface area contributed by atoms with Crippen molar-refractivity contribution in [3.8, 4) is 11.8 Å². The van der Waals surface area contributed by atoms with Crippen molar-refractivity contribution >= 4 is 72.6 Å². The number of para-hydroxylation sites is 1. The molecular weight excluding hydrogens is 685 g/mol. The highest BCUT2D eigenvalue weighted by Crippen LogP contribution is 2.37. The normalized spacial score (nSPS) is 12.5. The van der Waals surface area contributed by atoms with E-state index in [1.54, 1.807) is 0 Å². The van der Waals surface area contributed by atoms with Crippen LogP contribution in [0.25, 0.3) is 49.4 Å². The Morgan fingerprint density at radius 1 is 0.618 bits per heavy atom. The topological polar surface area (TPSA) is 41.9 Å². The van der Waals surface area contributed by atoms with E-state index in [1.807, 2.05) is 6.07 Å². The van der Waals surface area contributed by atoms with Crippen molar-refractivity contribution in [2.75, 3.05) is 0 Å². The lowest BCUT2D eigenvalue weighted by molar-refractivity contribution is 0.449. The number of nitrogens with zero attached hydrogens (tertiary/aromatic N) is 2. The molecule has 2 heterocycles. The van der Waals surface area contributed by atoms with Gasteiger partial charge in [0.1, 0.15) is 11.2 Å². The van der Waals surface area contributed by atoms with Gasteiger partial charge in [-0.2, -0.15) is 5.26 Å². The summed E-state index contributed by atoms with van der Waals surface area (Å²) in [4.78, 5) is 0. The van der Waals surface area contributed by atoms with E-state index in [4.69, 9.17) is 4.42 Å². The van der Waals surface area contributed by atoms with Gasteiger partial charge < -0.3 is 8.98 Å². The highest BCUT2D eigenvalue weighted by Gasteiger charge is 2.43. The second kappa shape index (κ2) is 14.6. The van der Waals surface area contributed by atoms with E-state index >= 15 is 0 Å². The van der Waals surface area contributed by atoms with Gasteiger partial charge in [0.15, 0.2) is 8.07 Å². The zero-order valence-corrected chi connectivity index (χ0v) is 32.5. The summed E-state index contributed by atoms with van der Waals surface area (Å²) in [7, 11) is -2.83. The van der Waals surface area contributed by atoms with Gasteiger partial charge in [0.25, 0.3) is 0 Å². The minimum absolute atomic E-state index is 0.676. The molecule has 0 fully saturated rings. The van der Waals surface area contributed by atoms with Gasteiger partial charge in [-0.05, 0) is 87.2 Å². The number of hydrogen-bond donors (Lipinski definition) is 0. The smallest absolute Gasteiger partial charge is 0.184 e. The minimum Gasteiger partial charge on any atom is -0.456 e. The Kier molecular flexibility index (Phi) is 9.18. The zero-order chi connectivity index (χ0) is 37.4. The second-order valence-electron chi connectivity index (χ2n) is 15.0. The molecule has 0 aliphatic carbocycles. The third kappa shape index (κ3) is 5.87. The predicted molar refractivity (Wildman–Crippen MR) is 233 cm³/mol. The summed E-state index contributed by atoms with van der Waals surface area (Å²) < 4.78 is 9.38. The van der Waals surface area contributed by atoms with Crippen molar-refractivity contribution in [2.45, 2.75) is 46.0 Å². The van der Waals surface area contributed by atoms with Crippen molar-refractivity contribution in [2.24, 2.45) is 5.92 Å². The molecule has 0 aliphatic rings. The van der Waals surface area contributed by atoms with Crippen LogP contribution in [0.1, 0.15) is 50.7 Å². The maximum Gasteiger partial charge on any atom is 0.184 e. The van der Waals surface area contributed by atoms with Crippen LogP contribution in [0.2, 0.25) is 0 Å². The molecule has 1 unspecified atom stereocenters. The first-order chi connectivity index (χ1) is 27.1. The average molecular weight is 729 g/mol. The number of benzene rings is 7. The Morgan fingerprint density at radius 2 is 1.25 bits per heavy atom. The highest BCUT2D eigenvalue weighted by molar-refractivity contribution is 7.20. The van der Waals surface area contributed by atoms with Gasteiger partial charge in [-0.25, -0.2) is 0 Å². The first-order valence-corrected chi connectivity index (χ1v) is 21.7. The Bertz CT molecular complexity index is 2730. The summed E-state index contributed by atoms with van der Waals surface area (Å²) >= 11 is 0. The van der Waals surface area contributed by atoms with Crippen LogP contribution in [0.3, 0.4) is 0 Å². The van der Waals surface area contributed by atoms with Crippen LogP contribution in [0.15, 0.2) is 168 Å². The zero-order valence-electron chi connectivity index (χ0n) is 31.5. The highest BCUT2D eigenvalue weighted by atomic mass is 28.3. The molecular formula is C51H44N2OSi. The number of fused-ring (bicyclic) bond motifs is 6. The SMILES string of the molecule is CCCCC(CC)Cc1ccc2c(c1)c1cc(C#N)ccc1n2-c1ccc2oc3c([Si](c4ccccc4)(c4ccccc4)c4ccccc4)cccc3c2c1. The van der Waals surface area contributed by atoms with Crippen LogP contribution >= 0.6 is 0 Å². The number of unbranched alkanes of at least 4 members (excludes halogenated alkanes) is 1. The van der Waals surface area contributed by atoms with Gasteiger partial charge >= 0.3 is 0 Å². The number of nitriles is 1. The fourth-order valence-electron chi connectivity index (χ4n) is 9.07. The van der Waals surface area contributed by atoms with Crippen molar-refractivity contribution in [3.63, 3.8) is 0 Å². The fourth-order valence-corrected chi connectivity index (χ4v) is 14.0. The third-order valence-corrected chi connectivity index (χ3v) is 16.6. The van der Waals surface area contributed by atoms with Gasteiger partial charge in [-0.1, -0.05) is 155 Å². The van der Waals surface area contributed by atoms with Crippen LogP contribution in [-0.4, -0.2) is 12.6 Å². The van der Waals surface area contributed by atoms with E-state index in [0.717, 1.165) is 50.5 Å². The maximum absolute atomic E-state index is 9.91. The molecule has 0 aliphatic heterocycles. The molecule has 9 aromatic rings. The van der Waals surface area contributed by atoms with E-state index in [0.29, 0.717) is 11.5 Å². The molecule has 0 bridgehead atoms. The van der Waals surface area contributed by atoms with Crippen LogP contribution in [-0.2, 0) is 6.42 Å². The molecule has 9 rings (SSSR count). The number of rotatable bonds is 11. The van der Waals surface area contributed by atoms with E-state index in [9.17, 15) is 5.26 Å². The number of aromatic nitrogens is 1. The summed E-state index contributed by atoms with van der Waals surface area (Å²) in [6.07, 6.45) is 6.02. The first kappa shape index (κ1) is 34.6. The van der Waals surface area contributed by atoms with E-state index in [2.05, 4.69) is 182 Å². The predicted octanol–water partition coefficient (Wildman–Crippen LogP) is 10.7. The third-order valence-electron chi connectivity index (χ3n) is 11.8. The van der Waals surface area contributed by atoms with E-state index < -0.39 is 8.07 Å². The summed E-state index contributed by atoms with van der Waals surface area (Å²) in [6, 6.07) is 61.9. The summed E-state index contributed by atoms with van der Waals surface area (Å²) in [6.45, 7) is 4.59. The molecule has 0 spiro atoms. The molecule has 0 radical (unpaired) electrons. The maximum atomic E-state index is 9.91. The molecule has 3 nitrogen and oxygen atoms in total. The fraction of sp³-hybridized carbons (Fsp3) is 0.157. The van der Waals surface area contributed by atoms with Crippen LogP contribution in [0, 0.1) is 17.2 Å². The average Bonchev–Trinajstić information content (AvgIpc) is 3.79. The van der Waals surface area contributed by atoms with E-state index in [-0.39, 0.29) is 0 Å². The van der Waals surface area contributed by atoms with Gasteiger partial charge in [0.05, 0.1) is 22.7 Å². The molecule has 4 heteroatoms. The molecule has 268 valence electrons. The van der Waals surface area contributed by atoms with Crippen molar-refractivity contribution in [3.05, 3.63) is 175 Å². The van der Waals surface area contributed by atoms with Gasteiger partial charge in [-0.15, -0.1) is 0 Å². The molecule has 2 aromatic heterocycles. The number of furan rings is 1. The quantitative estimate of drug-likeness (QED) is 0.0983. The lowest BCUT2D eigenvalue weighted by Gasteiger charge is -2.34. The lowest BCUT2D eigenvalue weighted by atomic mass is 9.91. The Labute approximate surface area is 324 Å². The largest absolute Gasteiger partial charge is 0.456 e. The van der Waals surface area contributed by atoms with Crippen molar-refractivity contribution in [1.82, 2.24) is 4.57 Å². The molecule has 0 saturated heterocycles. The molecule has 55 heavy (non-hydrogen) atoms. The van der Waals surface area contributed by atoms with Gasteiger partial charge in [0, 0.05) is 27.2 Å². The summed E-state index contributed by atoms with van der Waals surface area (Å²) in [5, 5.41) is 19.6. The molecule has 1 atom stereocenters. The molecule has 0 amide bonds.